The molecule has 2 aromatic heterocycles. The molecule has 6 nitrogen and oxygen atoms in total. The van der Waals surface area contributed by atoms with Crippen LogP contribution in [0.2, 0.25) is 0 Å². The normalized spacial score (nSPS) is 13.7. The molecule has 2 aromatic carbocycles. The fraction of sp³-hybridized carbons (Fsp3) is 0.192. The smallest absolute Gasteiger partial charge is 0.259 e. The minimum Gasteiger partial charge on any atom is -0.298 e. The fourth-order valence-corrected chi connectivity index (χ4v) is 4.17. The summed E-state index contributed by atoms with van der Waals surface area (Å²) in [5.74, 6) is 0.263. The van der Waals surface area contributed by atoms with Crippen molar-refractivity contribution in [2.24, 2.45) is 0 Å². The van der Waals surface area contributed by atoms with Gasteiger partial charge in [-0.05, 0) is 48.9 Å². The number of pyridine rings is 1. The molecule has 33 heavy (non-hydrogen) atoms. The second kappa shape index (κ2) is 8.96. The predicted octanol–water partition coefficient (Wildman–Crippen LogP) is 4.25. The third kappa shape index (κ3) is 4.40. The number of nitrogens with zero attached hydrogens (tertiary/aromatic N) is 5. The highest BCUT2D eigenvalue weighted by Crippen LogP contribution is 2.28. The second-order valence-electron chi connectivity index (χ2n) is 8.21. The molecular weight excluding hydrogens is 417 g/mol. The van der Waals surface area contributed by atoms with Crippen LogP contribution in [0.25, 0.3) is 0 Å². The number of hydrogen-bond acceptors (Lipinski definition) is 5. The lowest BCUT2D eigenvalue weighted by atomic mass is 10.1. The summed E-state index contributed by atoms with van der Waals surface area (Å²) in [5, 5.41) is 0. The number of benzene rings is 2. The molecule has 0 spiro atoms. The third-order valence-electron chi connectivity index (χ3n) is 5.85. The molecule has 0 atom stereocenters. The SMILES string of the molecule is Cc1nc2n(c(=O)c1Cc1ccccc1)CN(Cc1ccccn1)CN2c1ccc(F)cc1. The van der Waals surface area contributed by atoms with Gasteiger partial charge in [0.1, 0.15) is 5.82 Å². The molecule has 4 aromatic rings. The van der Waals surface area contributed by atoms with E-state index in [4.69, 9.17) is 4.98 Å². The molecule has 5 rings (SSSR count). The van der Waals surface area contributed by atoms with Crippen LogP contribution in [-0.2, 0) is 19.6 Å². The number of halogens is 1. The highest BCUT2D eigenvalue weighted by Gasteiger charge is 2.28. The minimum atomic E-state index is -0.305. The number of anilines is 2. The number of aromatic nitrogens is 3. The summed E-state index contributed by atoms with van der Waals surface area (Å²) in [6.45, 7) is 3.36. The van der Waals surface area contributed by atoms with Gasteiger partial charge in [-0.25, -0.2) is 9.37 Å². The van der Waals surface area contributed by atoms with Gasteiger partial charge in [0, 0.05) is 30.4 Å². The van der Waals surface area contributed by atoms with Crippen LogP contribution in [0.4, 0.5) is 16.0 Å². The van der Waals surface area contributed by atoms with Gasteiger partial charge in [-0.3, -0.25) is 24.1 Å². The van der Waals surface area contributed by atoms with Gasteiger partial charge in [0.25, 0.3) is 5.56 Å². The fourth-order valence-electron chi connectivity index (χ4n) is 4.17. The molecule has 0 radical (unpaired) electrons. The van der Waals surface area contributed by atoms with Crippen molar-refractivity contribution in [3.63, 3.8) is 0 Å². The van der Waals surface area contributed by atoms with E-state index < -0.39 is 0 Å². The molecule has 3 heterocycles. The van der Waals surface area contributed by atoms with Crippen LogP contribution in [-0.4, -0.2) is 26.1 Å². The summed E-state index contributed by atoms with van der Waals surface area (Å²) in [5.41, 5.74) is 4.09. The Morgan fingerprint density at radius 1 is 0.939 bits per heavy atom. The quantitative estimate of drug-likeness (QED) is 0.464. The van der Waals surface area contributed by atoms with E-state index in [0.717, 1.165) is 16.9 Å². The zero-order valence-corrected chi connectivity index (χ0v) is 18.4. The number of fused-ring (bicyclic) bond motifs is 1. The molecule has 0 unspecified atom stereocenters. The molecule has 0 aliphatic carbocycles. The minimum absolute atomic E-state index is 0.0563. The van der Waals surface area contributed by atoms with Gasteiger partial charge in [-0.15, -0.1) is 0 Å². The molecule has 0 amide bonds. The van der Waals surface area contributed by atoms with Crippen molar-refractivity contribution in [2.45, 2.75) is 26.6 Å². The topological polar surface area (TPSA) is 54.3 Å². The third-order valence-corrected chi connectivity index (χ3v) is 5.85. The van der Waals surface area contributed by atoms with Gasteiger partial charge in [-0.1, -0.05) is 36.4 Å². The van der Waals surface area contributed by atoms with Crippen molar-refractivity contribution in [1.29, 1.82) is 0 Å². The second-order valence-corrected chi connectivity index (χ2v) is 8.21. The van der Waals surface area contributed by atoms with E-state index in [-0.39, 0.29) is 11.4 Å². The van der Waals surface area contributed by atoms with E-state index in [0.29, 0.717) is 43.5 Å². The van der Waals surface area contributed by atoms with Crippen LogP contribution < -0.4 is 10.5 Å². The van der Waals surface area contributed by atoms with E-state index >= 15 is 0 Å². The van der Waals surface area contributed by atoms with E-state index in [2.05, 4.69) is 9.88 Å². The maximum Gasteiger partial charge on any atom is 0.259 e. The monoisotopic (exact) mass is 441 g/mol. The lowest BCUT2D eigenvalue weighted by Gasteiger charge is -2.38. The average Bonchev–Trinajstić information content (AvgIpc) is 2.84. The molecule has 0 saturated heterocycles. The van der Waals surface area contributed by atoms with Crippen LogP contribution in [0.15, 0.2) is 83.8 Å². The first kappa shape index (κ1) is 21.0. The number of hydrogen-bond donors (Lipinski definition) is 0. The van der Waals surface area contributed by atoms with Gasteiger partial charge in [-0.2, -0.15) is 0 Å². The molecule has 166 valence electrons. The first-order valence-corrected chi connectivity index (χ1v) is 10.9. The van der Waals surface area contributed by atoms with Crippen LogP contribution in [0.1, 0.15) is 22.5 Å². The van der Waals surface area contributed by atoms with Crippen LogP contribution in [0, 0.1) is 12.7 Å². The van der Waals surface area contributed by atoms with Crippen LogP contribution >= 0.6 is 0 Å². The standard InChI is InChI=1S/C26H24FN5O/c1-19-24(15-20-7-3-2-4-8-20)25(33)32-18-30(16-22-9-5-6-14-28-22)17-31(26(32)29-19)23-12-10-21(27)11-13-23/h2-14H,15-18H2,1H3. The Bertz CT molecular complexity index is 1310. The Hall–Kier alpha value is -3.84. The first-order chi connectivity index (χ1) is 16.1. The molecule has 1 aliphatic rings. The zero-order chi connectivity index (χ0) is 22.8. The largest absolute Gasteiger partial charge is 0.298 e. The Morgan fingerprint density at radius 3 is 2.42 bits per heavy atom. The Kier molecular flexibility index (Phi) is 5.71. The van der Waals surface area contributed by atoms with Gasteiger partial charge in [0.15, 0.2) is 0 Å². The van der Waals surface area contributed by atoms with Crippen molar-refractivity contribution >= 4 is 11.6 Å². The van der Waals surface area contributed by atoms with Gasteiger partial charge in [0.05, 0.1) is 24.7 Å². The number of aryl methyl sites for hydroxylation is 1. The Balaban J connectivity index is 1.57. The van der Waals surface area contributed by atoms with Crippen molar-refractivity contribution in [3.8, 4) is 0 Å². The molecule has 0 saturated carbocycles. The molecule has 7 heteroatoms. The maximum absolute atomic E-state index is 13.7. The maximum atomic E-state index is 13.7. The summed E-state index contributed by atoms with van der Waals surface area (Å²) in [6, 6.07) is 22.0. The van der Waals surface area contributed by atoms with E-state index in [9.17, 15) is 9.18 Å². The van der Waals surface area contributed by atoms with Crippen molar-refractivity contribution in [2.75, 3.05) is 11.6 Å². The van der Waals surface area contributed by atoms with Crippen molar-refractivity contribution in [1.82, 2.24) is 19.4 Å². The summed E-state index contributed by atoms with van der Waals surface area (Å²) >= 11 is 0. The van der Waals surface area contributed by atoms with E-state index in [1.54, 1.807) is 22.9 Å². The van der Waals surface area contributed by atoms with Gasteiger partial charge < -0.3 is 0 Å². The summed E-state index contributed by atoms with van der Waals surface area (Å²) in [6.07, 6.45) is 2.29. The van der Waals surface area contributed by atoms with Crippen LogP contribution in [0.3, 0.4) is 0 Å². The molecule has 0 N–H and O–H groups in total. The molecule has 0 bridgehead atoms. The predicted molar refractivity (Wildman–Crippen MR) is 126 cm³/mol. The zero-order valence-electron chi connectivity index (χ0n) is 18.4. The van der Waals surface area contributed by atoms with Gasteiger partial charge >= 0.3 is 0 Å². The van der Waals surface area contributed by atoms with Gasteiger partial charge in [0.2, 0.25) is 5.95 Å². The molecule has 0 fully saturated rings. The molecular formula is C26H24FN5O. The van der Waals surface area contributed by atoms with Crippen LogP contribution in [0.5, 0.6) is 0 Å². The first-order valence-electron chi connectivity index (χ1n) is 10.9. The molecule has 1 aliphatic heterocycles. The Labute approximate surface area is 191 Å². The lowest BCUT2D eigenvalue weighted by Crippen LogP contribution is -2.47. The average molecular weight is 442 g/mol. The highest BCUT2D eigenvalue weighted by atomic mass is 19.1. The Morgan fingerprint density at radius 2 is 1.70 bits per heavy atom. The van der Waals surface area contributed by atoms with E-state index in [1.165, 1.54) is 12.1 Å². The number of rotatable bonds is 5. The lowest BCUT2D eigenvalue weighted by molar-refractivity contribution is 0.187. The summed E-state index contributed by atoms with van der Waals surface area (Å²) in [4.78, 5) is 27.0. The van der Waals surface area contributed by atoms with Crippen molar-refractivity contribution in [3.05, 3.63) is 118 Å². The van der Waals surface area contributed by atoms with Crippen molar-refractivity contribution < 1.29 is 4.39 Å². The summed E-state index contributed by atoms with van der Waals surface area (Å²) in [7, 11) is 0. The van der Waals surface area contributed by atoms with E-state index in [1.807, 2.05) is 60.4 Å². The summed E-state index contributed by atoms with van der Waals surface area (Å²) < 4.78 is 15.3. The highest BCUT2D eigenvalue weighted by molar-refractivity contribution is 5.58.